The van der Waals surface area contributed by atoms with E-state index in [1.54, 1.807) is 54.6 Å². The van der Waals surface area contributed by atoms with Crippen LogP contribution in [0.15, 0.2) is 76.8 Å². The lowest BCUT2D eigenvalue weighted by atomic mass is 10.1. The molecular formula is C25H19BrN2O4. The number of rotatable bonds is 6. The summed E-state index contributed by atoms with van der Waals surface area (Å²) in [6, 6.07) is 20.9. The van der Waals surface area contributed by atoms with Gasteiger partial charge < -0.3 is 14.8 Å². The van der Waals surface area contributed by atoms with Gasteiger partial charge in [-0.05, 0) is 70.9 Å². The van der Waals surface area contributed by atoms with Crippen molar-refractivity contribution in [3.05, 3.63) is 93.5 Å². The molecule has 0 aliphatic carbocycles. The number of carbonyl (C=O) groups excluding carboxylic acids is 2. The fourth-order valence-corrected chi connectivity index (χ4v) is 3.34. The molecule has 7 heteroatoms. The second-order valence-electron chi connectivity index (χ2n) is 6.78. The number of hydrogen-bond donors (Lipinski definition) is 1. The van der Waals surface area contributed by atoms with Gasteiger partial charge in [-0.2, -0.15) is 5.26 Å². The first-order valence-electron chi connectivity index (χ1n) is 9.56. The predicted molar refractivity (Wildman–Crippen MR) is 125 cm³/mol. The third-order valence-corrected chi connectivity index (χ3v) is 5.03. The van der Waals surface area contributed by atoms with E-state index in [0.717, 1.165) is 5.56 Å². The van der Waals surface area contributed by atoms with Crippen LogP contribution >= 0.6 is 15.9 Å². The minimum Gasteiger partial charge on any atom is -0.493 e. The van der Waals surface area contributed by atoms with Gasteiger partial charge in [-0.1, -0.05) is 35.9 Å². The average molecular weight is 491 g/mol. The first-order valence-corrected chi connectivity index (χ1v) is 10.3. The minimum absolute atomic E-state index is 0.0893. The van der Waals surface area contributed by atoms with E-state index in [0.29, 0.717) is 21.3 Å². The van der Waals surface area contributed by atoms with Crippen molar-refractivity contribution in [3.8, 4) is 17.6 Å². The summed E-state index contributed by atoms with van der Waals surface area (Å²) in [5.74, 6) is -0.610. The van der Waals surface area contributed by atoms with Crippen LogP contribution in [0.4, 0.5) is 5.69 Å². The Kier molecular flexibility index (Phi) is 7.42. The Morgan fingerprint density at radius 3 is 2.38 bits per heavy atom. The number of carbonyl (C=O) groups is 2. The highest BCUT2D eigenvalue weighted by Crippen LogP contribution is 2.37. The molecule has 1 amide bonds. The molecule has 160 valence electrons. The maximum Gasteiger partial charge on any atom is 0.343 e. The fraction of sp³-hybridized carbons (Fsp3) is 0.0800. The normalized spacial score (nSPS) is 10.8. The van der Waals surface area contributed by atoms with Gasteiger partial charge in [-0.3, -0.25) is 4.79 Å². The maximum atomic E-state index is 12.5. The number of esters is 1. The quantitative estimate of drug-likeness (QED) is 0.212. The van der Waals surface area contributed by atoms with Crippen molar-refractivity contribution in [2.75, 3.05) is 12.4 Å². The molecule has 0 aliphatic heterocycles. The van der Waals surface area contributed by atoms with Crippen LogP contribution in [0.25, 0.3) is 6.08 Å². The number of halogens is 1. The molecule has 6 nitrogen and oxygen atoms in total. The predicted octanol–water partition coefficient (Wildman–Crippen LogP) is 5.53. The van der Waals surface area contributed by atoms with Gasteiger partial charge in [-0.25, -0.2) is 4.79 Å². The minimum atomic E-state index is -0.539. The van der Waals surface area contributed by atoms with E-state index in [-0.39, 0.29) is 17.1 Å². The molecule has 3 aromatic carbocycles. The molecule has 1 N–H and O–H groups in total. The first-order chi connectivity index (χ1) is 15.4. The van der Waals surface area contributed by atoms with Crippen molar-refractivity contribution in [3.63, 3.8) is 0 Å². The molecule has 0 fully saturated rings. The second-order valence-corrected chi connectivity index (χ2v) is 7.63. The molecular weight excluding hydrogens is 472 g/mol. The van der Waals surface area contributed by atoms with Gasteiger partial charge in [0, 0.05) is 5.69 Å². The summed E-state index contributed by atoms with van der Waals surface area (Å²) in [6.45, 7) is 1.94. The van der Waals surface area contributed by atoms with Crippen LogP contribution in [0.1, 0.15) is 21.5 Å². The maximum absolute atomic E-state index is 12.5. The number of nitrogens with zero attached hydrogens (tertiary/aromatic N) is 1. The number of aryl methyl sites for hydroxylation is 1. The zero-order valence-electron chi connectivity index (χ0n) is 17.4. The third-order valence-electron chi connectivity index (χ3n) is 4.44. The van der Waals surface area contributed by atoms with Crippen LogP contribution in [-0.2, 0) is 4.79 Å². The Labute approximate surface area is 194 Å². The average Bonchev–Trinajstić information content (AvgIpc) is 2.80. The highest BCUT2D eigenvalue weighted by atomic mass is 79.9. The molecule has 0 radical (unpaired) electrons. The molecule has 3 aromatic rings. The van der Waals surface area contributed by atoms with E-state index in [4.69, 9.17) is 9.47 Å². The summed E-state index contributed by atoms with van der Waals surface area (Å²) < 4.78 is 11.3. The second kappa shape index (κ2) is 10.4. The largest absolute Gasteiger partial charge is 0.493 e. The van der Waals surface area contributed by atoms with Crippen molar-refractivity contribution in [2.45, 2.75) is 6.92 Å². The van der Waals surface area contributed by atoms with Crippen LogP contribution in [0.2, 0.25) is 0 Å². The van der Waals surface area contributed by atoms with Crippen molar-refractivity contribution in [2.24, 2.45) is 0 Å². The fourth-order valence-electron chi connectivity index (χ4n) is 2.80. The van der Waals surface area contributed by atoms with Crippen molar-refractivity contribution in [1.82, 2.24) is 0 Å². The molecule has 0 unspecified atom stereocenters. The number of anilines is 1. The van der Waals surface area contributed by atoms with Crippen LogP contribution in [0.5, 0.6) is 11.5 Å². The first kappa shape index (κ1) is 22.8. The van der Waals surface area contributed by atoms with E-state index in [9.17, 15) is 14.9 Å². The number of methoxy groups -OCH3 is 1. The summed E-state index contributed by atoms with van der Waals surface area (Å²) in [6.07, 6.45) is 1.43. The molecule has 0 spiro atoms. The van der Waals surface area contributed by atoms with E-state index < -0.39 is 11.9 Å². The highest BCUT2D eigenvalue weighted by molar-refractivity contribution is 9.10. The summed E-state index contributed by atoms with van der Waals surface area (Å²) in [5.41, 5.74) is 2.47. The van der Waals surface area contributed by atoms with Gasteiger partial charge in [0.25, 0.3) is 5.91 Å². The van der Waals surface area contributed by atoms with E-state index in [1.165, 1.54) is 13.2 Å². The Morgan fingerprint density at radius 1 is 1.06 bits per heavy atom. The smallest absolute Gasteiger partial charge is 0.343 e. The van der Waals surface area contributed by atoms with E-state index >= 15 is 0 Å². The van der Waals surface area contributed by atoms with Crippen LogP contribution in [-0.4, -0.2) is 19.0 Å². The lowest BCUT2D eigenvalue weighted by molar-refractivity contribution is -0.112. The molecule has 32 heavy (non-hydrogen) atoms. The van der Waals surface area contributed by atoms with Gasteiger partial charge in [0.05, 0.1) is 17.1 Å². The zero-order valence-corrected chi connectivity index (χ0v) is 19.0. The standard InChI is InChI=1S/C25H19BrN2O4/c1-16-8-10-20(11-9-16)28-24(29)19(15-27)12-17-13-21(26)23(22(14-17)31-2)32-25(30)18-6-4-3-5-7-18/h3-14H,1-2H3,(H,28,29)/b19-12+. The zero-order chi connectivity index (χ0) is 23.1. The van der Waals surface area contributed by atoms with Crippen molar-refractivity contribution in [1.29, 1.82) is 5.26 Å². The molecule has 0 heterocycles. The van der Waals surface area contributed by atoms with E-state index in [1.807, 2.05) is 25.1 Å². The Hall–Kier alpha value is -3.89. The highest BCUT2D eigenvalue weighted by Gasteiger charge is 2.17. The molecule has 3 rings (SSSR count). The Morgan fingerprint density at radius 2 is 1.75 bits per heavy atom. The summed E-state index contributed by atoms with van der Waals surface area (Å²) >= 11 is 3.38. The number of nitrogens with one attached hydrogen (secondary N) is 1. The van der Waals surface area contributed by atoms with Gasteiger partial charge >= 0.3 is 5.97 Å². The Balaban J connectivity index is 1.85. The summed E-state index contributed by atoms with van der Waals surface area (Å²) in [4.78, 5) is 24.9. The van der Waals surface area contributed by atoms with Gasteiger partial charge in [0.2, 0.25) is 0 Å². The molecule has 0 aromatic heterocycles. The van der Waals surface area contributed by atoms with E-state index in [2.05, 4.69) is 21.2 Å². The van der Waals surface area contributed by atoms with Gasteiger partial charge in [0.1, 0.15) is 11.6 Å². The summed E-state index contributed by atoms with van der Waals surface area (Å²) in [5, 5.41) is 12.2. The van der Waals surface area contributed by atoms with Crippen molar-refractivity contribution < 1.29 is 19.1 Å². The molecule has 0 aliphatic rings. The third kappa shape index (κ3) is 5.62. The number of nitriles is 1. The molecule has 0 saturated heterocycles. The van der Waals surface area contributed by atoms with Crippen LogP contribution in [0, 0.1) is 18.3 Å². The van der Waals surface area contributed by atoms with Crippen molar-refractivity contribution >= 4 is 39.6 Å². The number of amides is 1. The topological polar surface area (TPSA) is 88.4 Å². The molecule has 0 atom stereocenters. The SMILES string of the molecule is COc1cc(/C=C(\C#N)C(=O)Nc2ccc(C)cc2)cc(Br)c1OC(=O)c1ccccc1. The monoisotopic (exact) mass is 490 g/mol. The molecule has 0 saturated carbocycles. The number of benzene rings is 3. The van der Waals surface area contributed by atoms with Crippen LogP contribution in [0.3, 0.4) is 0 Å². The molecule has 0 bridgehead atoms. The van der Waals surface area contributed by atoms with Gasteiger partial charge in [-0.15, -0.1) is 0 Å². The Bertz CT molecular complexity index is 1210. The number of ether oxygens (including phenoxy) is 2. The lowest BCUT2D eigenvalue weighted by Gasteiger charge is -2.12. The number of hydrogen-bond acceptors (Lipinski definition) is 5. The summed E-state index contributed by atoms with van der Waals surface area (Å²) in [7, 11) is 1.43. The van der Waals surface area contributed by atoms with Crippen LogP contribution < -0.4 is 14.8 Å². The lowest BCUT2D eigenvalue weighted by Crippen LogP contribution is -2.13. The van der Waals surface area contributed by atoms with Gasteiger partial charge in [0.15, 0.2) is 11.5 Å².